The van der Waals surface area contributed by atoms with Crippen LogP contribution in [0.25, 0.3) is 0 Å². The fourth-order valence-corrected chi connectivity index (χ4v) is 7.78. The number of carbonyl (C=O) groups excluding carboxylic acids is 2. The monoisotopic (exact) mass is 788 g/mol. The summed E-state index contributed by atoms with van der Waals surface area (Å²) in [6.45, 7) is 1.36. The summed E-state index contributed by atoms with van der Waals surface area (Å²) in [4.78, 5) is 34.5. The van der Waals surface area contributed by atoms with Crippen LogP contribution in [0.4, 0.5) is 0 Å². The molecule has 58 heavy (non-hydrogen) atoms. The molecule has 0 fully saturated rings. The van der Waals surface area contributed by atoms with E-state index < -0.39 is 11.9 Å². The molecule has 0 radical (unpaired) electrons. The van der Waals surface area contributed by atoms with Crippen LogP contribution in [0.2, 0.25) is 0 Å². The predicted molar refractivity (Wildman–Crippen MR) is 223 cm³/mol. The number of carbonyl (C=O) groups is 2. The third kappa shape index (κ3) is 12.7. The van der Waals surface area contributed by atoms with Gasteiger partial charge in [-0.15, -0.1) is 11.0 Å². The summed E-state index contributed by atoms with van der Waals surface area (Å²) in [6, 6.07) is 32.2. The number of rotatable bonds is 20. The molecule has 0 heterocycles. The number of allylic oxidation sites excluding steroid dienone is 2. The van der Waals surface area contributed by atoms with Crippen molar-refractivity contribution in [1.82, 2.24) is 11.0 Å². The van der Waals surface area contributed by atoms with Gasteiger partial charge in [0, 0.05) is 12.8 Å². The molecular weight excluding hydrogens is 733 g/mol. The van der Waals surface area contributed by atoms with Crippen molar-refractivity contribution >= 4 is 11.9 Å². The third-order valence-corrected chi connectivity index (χ3v) is 10.8. The van der Waals surface area contributed by atoms with Crippen molar-refractivity contribution in [3.63, 3.8) is 0 Å². The standard InChI is InChI=1S/C48H56N2O8/c1-53-45-31-37(21-23-43(45)55-27-25-39-17-9-11-19-41(39)29-35-13-5-3-6-14-35)33-49-57-47(51)48(52)58-50-34-38-22-24-44(46(32-38)54-2)56-28-26-40-18-10-12-20-42(40)30-36-15-7-4-8-16-36/h3-8,13-18,21-24,31-32,41-42,49-50H,9-12,19-20,25-30,33-34H2,1-2H3. The molecule has 10 nitrogen and oxygen atoms in total. The van der Waals surface area contributed by atoms with Crippen molar-refractivity contribution in [3.05, 3.63) is 143 Å². The van der Waals surface area contributed by atoms with Crippen LogP contribution >= 0.6 is 0 Å². The van der Waals surface area contributed by atoms with Crippen molar-refractivity contribution < 1.29 is 38.2 Å². The molecule has 2 aliphatic rings. The summed E-state index contributed by atoms with van der Waals surface area (Å²) >= 11 is 0. The normalized spacial score (nSPS) is 16.4. The van der Waals surface area contributed by atoms with Crippen LogP contribution in [0, 0.1) is 11.8 Å². The van der Waals surface area contributed by atoms with Crippen LogP contribution in [0.15, 0.2) is 120 Å². The molecule has 0 amide bonds. The molecule has 2 N–H and O–H groups in total. The van der Waals surface area contributed by atoms with Crippen LogP contribution in [-0.4, -0.2) is 39.4 Å². The lowest BCUT2D eigenvalue weighted by atomic mass is 9.82. The number of hydroxylamine groups is 2. The fraction of sp³-hybridized carbons (Fsp3) is 0.375. The van der Waals surface area contributed by atoms with Crippen molar-refractivity contribution in [2.24, 2.45) is 11.8 Å². The van der Waals surface area contributed by atoms with Crippen LogP contribution in [0.1, 0.15) is 73.6 Å². The Kier molecular flexibility index (Phi) is 16.2. The zero-order chi connectivity index (χ0) is 40.4. The van der Waals surface area contributed by atoms with Crippen LogP contribution in [-0.2, 0) is 45.2 Å². The lowest BCUT2D eigenvalue weighted by molar-refractivity contribution is -0.177. The van der Waals surface area contributed by atoms with E-state index in [0.29, 0.717) is 48.0 Å². The van der Waals surface area contributed by atoms with E-state index in [-0.39, 0.29) is 13.1 Å². The van der Waals surface area contributed by atoms with Gasteiger partial charge in [-0.2, -0.15) is 0 Å². The Bertz CT molecular complexity index is 1840. The Labute approximate surface area is 342 Å². The highest BCUT2D eigenvalue weighted by molar-refractivity contribution is 6.29. The molecule has 4 aromatic carbocycles. The third-order valence-electron chi connectivity index (χ3n) is 10.8. The molecule has 0 aromatic heterocycles. The predicted octanol–water partition coefficient (Wildman–Crippen LogP) is 8.98. The number of ether oxygens (including phenoxy) is 4. The van der Waals surface area contributed by atoms with Gasteiger partial charge in [0.25, 0.3) is 0 Å². The molecule has 4 aromatic rings. The van der Waals surface area contributed by atoms with Gasteiger partial charge in [0.2, 0.25) is 0 Å². The number of benzene rings is 4. The van der Waals surface area contributed by atoms with Crippen LogP contribution < -0.4 is 29.9 Å². The average Bonchev–Trinajstić information content (AvgIpc) is 3.26. The van der Waals surface area contributed by atoms with E-state index in [2.05, 4.69) is 83.8 Å². The summed E-state index contributed by atoms with van der Waals surface area (Å²) in [7, 11) is 3.16. The van der Waals surface area contributed by atoms with Gasteiger partial charge in [0.1, 0.15) is 0 Å². The Morgan fingerprint density at radius 1 is 0.552 bits per heavy atom. The molecule has 0 saturated heterocycles. The van der Waals surface area contributed by atoms with Crippen molar-refractivity contribution in [2.45, 2.75) is 77.3 Å². The van der Waals surface area contributed by atoms with Crippen molar-refractivity contribution in [2.75, 3.05) is 27.4 Å². The first kappa shape index (κ1) is 42.0. The van der Waals surface area contributed by atoms with Crippen LogP contribution in [0.3, 0.4) is 0 Å². The summed E-state index contributed by atoms with van der Waals surface area (Å²) in [5.41, 5.74) is 12.2. The maximum atomic E-state index is 12.3. The van der Waals surface area contributed by atoms with Gasteiger partial charge in [-0.3, -0.25) is 0 Å². The molecule has 0 bridgehead atoms. The molecule has 2 atom stereocenters. The Balaban J connectivity index is 0.882. The van der Waals surface area contributed by atoms with Gasteiger partial charge in [0.05, 0.1) is 40.5 Å². The van der Waals surface area contributed by atoms with E-state index in [1.165, 1.54) is 48.0 Å². The maximum Gasteiger partial charge on any atom is 0.437 e. The van der Waals surface area contributed by atoms with E-state index in [0.717, 1.165) is 49.7 Å². The second-order valence-corrected chi connectivity index (χ2v) is 14.8. The number of nitrogens with one attached hydrogen (secondary N) is 2. The molecule has 2 aliphatic carbocycles. The summed E-state index contributed by atoms with van der Waals surface area (Å²) < 4.78 is 23.5. The minimum atomic E-state index is -1.19. The summed E-state index contributed by atoms with van der Waals surface area (Å²) in [5.74, 6) is 1.08. The van der Waals surface area contributed by atoms with E-state index in [1.807, 2.05) is 24.3 Å². The van der Waals surface area contributed by atoms with Gasteiger partial charge < -0.3 is 28.6 Å². The average molecular weight is 789 g/mol. The Hall–Kier alpha value is -5.58. The van der Waals surface area contributed by atoms with E-state index in [4.69, 9.17) is 28.6 Å². The highest BCUT2D eigenvalue weighted by Gasteiger charge is 2.21. The smallest absolute Gasteiger partial charge is 0.437 e. The first-order chi connectivity index (χ1) is 28.5. The summed E-state index contributed by atoms with van der Waals surface area (Å²) in [5, 5.41) is 0. The van der Waals surface area contributed by atoms with Crippen molar-refractivity contribution in [1.29, 1.82) is 0 Å². The lowest BCUT2D eigenvalue weighted by Crippen LogP contribution is -2.31. The number of hydrogen-bond acceptors (Lipinski definition) is 10. The maximum absolute atomic E-state index is 12.3. The van der Waals surface area contributed by atoms with Crippen molar-refractivity contribution in [3.8, 4) is 23.0 Å². The second kappa shape index (κ2) is 22.4. The van der Waals surface area contributed by atoms with Gasteiger partial charge in [0.15, 0.2) is 23.0 Å². The van der Waals surface area contributed by atoms with Gasteiger partial charge in [-0.05, 0) is 110 Å². The van der Waals surface area contributed by atoms with Crippen LogP contribution in [0.5, 0.6) is 23.0 Å². The van der Waals surface area contributed by atoms with E-state index >= 15 is 0 Å². The minimum Gasteiger partial charge on any atom is -0.493 e. The quantitative estimate of drug-likeness (QED) is 0.0511. The summed E-state index contributed by atoms with van der Waals surface area (Å²) in [6.07, 6.45) is 15.6. The molecule has 6 rings (SSSR count). The molecular formula is C48H56N2O8. The van der Waals surface area contributed by atoms with E-state index in [1.54, 1.807) is 26.4 Å². The zero-order valence-electron chi connectivity index (χ0n) is 33.7. The second-order valence-electron chi connectivity index (χ2n) is 14.8. The van der Waals surface area contributed by atoms with Gasteiger partial charge in [-0.25, -0.2) is 9.59 Å². The largest absolute Gasteiger partial charge is 0.493 e. The van der Waals surface area contributed by atoms with E-state index in [9.17, 15) is 9.59 Å². The highest BCUT2D eigenvalue weighted by Crippen LogP contribution is 2.34. The molecule has 0 saturated carbocycles. The van der Waals surface area contributed by atoms with Gasteiger partial charge >= 0.3 is 11.9 Å². The minimum absolute atomic E-state index is 0.136. The molecule has 10 heteroatoms. The number of hydrogen-bond donors (Lipinski definition) is 2. The molecule has 2 unspecified atom stereocenters. The molecule has 306 valence electrons. The first-order valence-electron chi connectivity index (χ1n) is 20.4. The molecule has 0 spiro atoms. The number of methoxy groups -OCH3 is 2. The zero-order valence-corrected chi connectivity index (χ0v) is 33.7. The highest BCUT2D eigenvalue weighted by atomic mass is 16.7. The fourth-order valence-electron chi connectivity index (χ4n) is 7.78. The molecule has 0 aliphatic heterocycles. The first-order valence-corrected chi connectivity index (χ1v) is 20.4. The topological polar surface area (TPSA) is 114 Å². The lowest BCUT2D eigenvalue weighted by Gasteiger charge is -2.25. The SMILES string of the molecule is COc1cc(CNOC(=O)C(=O)ONCc2ccc(OCCC3=CCCCC3Cc3ccccc3)c(OC)c2)ccc1OCCC1=CCCCC1Cc1ccccc1. The van der Waals surface area contributed by atoms with Gasteiger partial charge in [-0.1, -0.05) is 96.1 Å². The Morgan fingerprint density at radius 2 is 0.983 bits per heavy atom. The Morgan fingerprint density at radius 3 is 1.40 bits per heavy atom.